The van der Waals surface area contributed by atoms with Gasteiger partial charge in [-0.2, -0.15) is 13.2 Å². The number of rotatable bonds is 7. The van der Waals surface area contributed by atoms with Crippen molar-refractivity contribution in [3.05, 3.63) is 86.7 Å². The number of hydrogen-bond donors (Lipinski definition) is 2. The highest BCUT2D eigenvalue weighted by Gasteiger charge is 2.34. The lowest BCUT2D eigenvalue weighted by Crippen LogP contribution is -2.21. The van der Waals surface area contributed by atoms with Gasteiger partial charge in [0.05, 0.1) is 32.6 Å². The smallest absolute Gasteiger partial charge is 0.359 e. The first kappa shape index (κ1) is 27.4. The first-order valence-electron chi connectivity index (χ1n) is 10.1. The summed E-state index contributed by atoms with van der Waals surface area (Å²) in [6.45, 7) is 1.20. The number of aromatic nitrogens is 1. The second-order valence-corrected chi connectivity index (χ2v) is 10.1. The van der Waals surface area contributed by atoms with Crippen molar-refractivity contribution in [3.63, 3.8) is 0 Å². The van der Waals surface area contributed by atoms with Crippen molar-refractivity contribution in [2.45, 2.75) is 24.4 Å². The number of carbonyl (C=O) groups excluding carboxylic acids is 2. The van der Waals surface area contributed by atoms with Gasteiger partial charge in [0, 0.05) is 18.8 Å². The number of anilines is 1. The molecular formula is C23H18Cl2F3N3O4S. The molecule has 36 heavy (non-hydrogen) atoms. The Morgan fingerprint density at radius 2 is 1.78 bits per heavy atom. The third kappa shape index (κ3) is 5.97. The van der Waals surface area contributed by atoms with E-state index in [1.165, 1.54) is 26.1 Å². The summed E-state index contributed by atoms with van der Waals surface area (Å²) in [4.78, 5) is 28.3. The van der Waals surface area contributed by atoms with E-state index in [0.29, 0.717) is 11.6 Å². The summed E-state index contributed by atoms with van der Waals surface area (Å²) < 4.78 is 67.9. The van der Waals surface area contributed by atoms with Crippen LogP contribution in [0.5, 0.6) is 0 Å². The van der Waals surface area contributed by atoms with Gasteiger partial charge in [-0.15, -0.1) is 0 Å². The van der Waals surface area contributed by atoms with E-state index in [2.05, 4.69) is 15.0 Å². The van der Waals surface area contributed by atoms with E-state index < -0.39 is 38.1 Å². The maximum Gasteiger partial charge on any atom is 0.416 e. The Balaban J connectivity index is 2.05. The quantitative estimate of drug-likeness (QED) is 0.395. The Kier molecular flexibility index (Phi) is 7.97. The number of hydrogen-bond acceptors (Lipinski definition) is 5. The minimum atomic E-state index is -4.77. The molecule has 13 heteroatoms. The predicted molar refractivity (Wildman–Crippen MR) is 129 cm³/mol. The average molecular weight is 560 g/mol. The molecule has 0 unspecified atom stereocenters. The molecule has 2 N–H and O–H groups in total. The van der Waals surface area contributed by atoms with Gasteiger partial charge >= 0.3 is 6.18 Å². The molecule has 0 saturated heterocycles. The number of sulfonamides is 1. The van der Waals surface area contributed by atoms with Gasteiger partial charge in [-0.05, 0) is 42.3 Å². The Bertz CT molecular complexity index is 1460. The fraction of sp³-hybridized carbons (Fsp3) is 0.174. The second kappa shape index (κ2) is 10.5. The predicted octanol–water partition coefficient (Wildman–Crippen LogP) is 5.04. The van der Waals surface area contributed by atoms with Crippen LogP contribution in [-0.4, -0.2) is 32.1 Å². The van der Waals surface area contributed by atoms with Gasteiger partial charge in [-0.1, -0.05) is 41.4 Å². The molecule has 0 radical (unpaired) electrons. The van der Waals surface area contributed by atoms with Gasteiger partial charge in [0.1, 0.15) is 5.69 Å². The van der Waals surface area contributed by atoms with Crippen LogP contribution >= 0.6 is 23.2 Å². The average Bonchev–Trinajstić information content (AvgIpc) is 2.79. The first-order chi connectivity index (χ1) is 16.7. The van der Waals surface area contributed by atoms with Gasteiger partial charge in [-0.25, -0.2) is 13.4 Å². The zero-order valence-electron chi connectivity index (χ0n) is 18.7. The summed E-state index contributed by atoms with van der Waals surface area (Å²) in [7, 11) is -3.15. The van der Waals surface area contributed by atoms with Crippen molar-refractivity contribution in [2.24, 2.45) is 0 Å². The number of ketones is 1. The van der Waals surface area contributed by atoms with Crippen LogP contribution in [0.2, 0.25) is 10.0 Å². The molecule has 0 saturated carbocycles. The number of likely N-dealkylation sites (N-methyl/N-ethyl adjacent to an activating group) is 1. The van der Waals surface area contributed by atoms with Crippen LogP contribution < -0.4 is 10.0 Å². The Morgan fingerprint density at radius 1 is 1.08 bits per heavy atom. The minimum Gasteiger partial charge on any atom is -0.359 e. The molecule has 0 aliphatic carbocycles. The molecule has 0 bridgehead atoms. The Morgan fingerprint density at radius 3 is 2.42 bits per heavy atom. The van der Waals surface area contributed by atoms with Gasteiger partial charge in [-0.3, -0.25) is 14.3 Å². The molecule has 3 aromatic rings. The molecule has 190 valence electrons. The lowest BCUT2D eigenvalue weighted by Gasteiger charge is -2.15. The van der Waals surface area contributed by atoms with Crippen molar-refractivity contribution in [1.29, 1.82) is 0 Å². The van der Waals surface area contributed by atoms with E-state index >= 15 is 0 Å². The molecule has 1 amide bonds. The standard InChI is InChI=1S/C23H18Cl2F3N3O4S/c1-12-6-7-15(10-17(12)23(26,27)28)36(34,35)31-18-9-14(24)11-30-21(18)22(33)16-5-3-4-13(20(16)25)8-19(32)29-2/h3-7,9-11,31H,8H2,1-2H3,(H,29,32). The zero-order valence-corrected chi connectivity index (χ0v) is 21.0. The third-order valence-corrected chi connectivity index (χ3v) is 7.11. The van der Waals surface area contributed by atoms with Gasteiger partial charge in [0.2, 0.25) is 11.7 Å². The fourth-order valence-electron chi connectivity index (χ4n) is 3.26. The largest absolute Gasteiger partial charge is 0.416 e. The molecule has 1 heterocycles. The summed E-state index contributed by atoms with van der Waals surface area (Å²) in [5.74, 6) is -1.15. The summed E-state index contributed by atoms with van der Waals surface area (Å²) in [6, 6.07) is 8.02. The van der Waals surface area contributed by atoms with Crippen LogP contribution in [0.25, 0.3) is 0 Å². The van der Waals surface area contributed by atoms with Crippen LogP contribution in [-0.2, 0) is 27.4 Å². The number of carbonyl (C=O) groups is 2. The highest BCUT2D eigenvalue weighted by atomic mass is 35.5. The third-order valence-electron chi connectivity index (χ3n) is 5.09. The van der Waals surface area contributed by atoms with E-state index in [-0.39, 0.29) is 39.2 Å². The summed E-state index contributed by atoms with van der Waals surface area (Å²) in [5.41, 5.74) is -1.77. The van der Waals surface area contributed by atoms with E-state index in [0.717, 1.165) is 24.4 Å². The van der Waals surface area contributed by atoms with E-state index in [1.54, 1.807) is 6.07 Å². The molecule has 0 aliphatic heterocycles. The van der Waals surface area contributed by atoms with Crippen molar-refractivity contribution < 1.29 is 31.2 Å². The van der Waals surface area contributed by atoms with Crippen LogP contribution in [0.1, 0.15) is 32.7 Å². The topological polar surface area (TPSA) is 105 Å². The Hall–Kier alpha value is -3.15. The number of alkyl halides is 3. The van der Waals surface area contributed by atoms with Gasteiger partial charge in [0.15, 0.2) is 0 Å². The number of nitrogens with one attached hydrogen (secondary N) is 2. The van der Waals surface area contributed by atoms with Crippen molar-refractivity contribution in [1.82, 2.24) is 10.3 Å². The van der Waals surface area contributed by atoms with Crippen molar-refractivity contribution in [2.75, 3.05) is 11.8 Å². The van der Waals surface area contributed by atoms with Gasteiger partial charge < -0.3 is 5.32 Å². The number of amides is 1. The maximum absolute atomic E-state index is 13.3. The fourth-order valence-corrected chi connectivity index (χ4v) is 4.78. The van der Waals surface area contributed by atoms with Crippen LogP contribution in [0.3, 0.4) is 0 Å². The maximum atomic E-state index is 13.3. The van der Waals surface area contributed by atoms with Crippen LogP contribution in [0.15, 0.2) is 53.6 Å². The SMILES string of the molecule is CNC(=O)Cc1cccc(C(=O)c2ncc(Cl)cc2NS(=O)(=O)c2ccc(C)c(C(F)(F)F)c2)c1Cl. The molecule has 0 fully saturated rings. The summed E-state index contributed by atoms with van der Waals surface area (Å²) in [6.07, 6.45) is -3.79. The van der Waals surface area contributed by atoms with E-state index in [9.17, 15) is 31.2 Å². The molecule has 7 nitrogen and oxygen atoms in total. The van der Waals surface area contributed by atoms with E-state index in [4.69, 9.17) is 23.2 Å². The van der Waals surface area contributed by atoms with E-state index in [1.807, 2.05) is 0 Å². The molecular weight excluding hydrogens is 542 g/mol. The minimum absolute atomic E-state index is 0.0370. The number of halogens is 5. The first-order valence-corrected chi connectivity index (χ1v) is 12.4. The van der Waals surface area contributed by atoms with Crippen molar-refractivity contribution >= 4 is 50.6 Å². The van der Waals surface area contributed by atoms with Crippen LogP contribution in [0.4, 0.5) is 18.9 Å². The normalized spacial score (nSPS) is 11.8. The van der Waals surface area contributed by atoms with Gasteiger partial charge in [0.25, 0.3) is 10.0 Å². The molecule has 0 atom stereocenters. The number of aryl methyl sites for hydroxylation is 1. The summed E-state index contributed by atoms with van der Waals surface area (Å²) >= 11 is 12.3. The molecule has 0 aliphatic rings. The zero-order chi connectivity index (χ0) is 26.8. The second-order valence-electron chi connectivity index (χ2n) is 7.59. The van der Waals surface area contributed by atoms with Crippen molar-refractivity contribution in [3.8, 4) is 0 Å². The number of pyridine rings is 1. The highest BCUT2D eigenvalue weighted by Crippen LogP contribution is 2.34. The summed E-state index contributed by atoms with van der Waals surface area (Å²) in [5, 5.41) is 2.36. The lowest BCUT2D eigenvalue weighted by molar-refractivity contribution is -0.138. The Labute approximate surface area is 214 Å². The highest BCUT2D eigenvalue weighted by molar-refractivity contribution is 7.92. The molecule has 2 aromatic carbocycles. The lowest BCUT2D eigenvalue weighted by atomic mass is 10.0. The molecule has 3 rings (SSSR count). The van der Waals surface area contributed by atoms with Crippen LogP contribution in [0, 0.1) is 6.92 Å². The number of nitrogens with zero attached hydrogens (tertiary/aromatic N) is 1. The monoisotopic (exact) mass is 559 g/mol. The number of benzene rings is 2. The molecule has 0 spiro atoms. The molecule has 1 aromatic heterocycles.